The number of hydrogen-bond acceptors (Lipinski definition) is 5. The molecule has 0 aliphatic carbocycles. The zero-order valence-electron chi connectivity index (χ0n) is 16.1. The van der Waals surface area contributed by atoms with E-state index in [0.29, 0.717) is 17.3 Å². The van der Waals surface area contributed by atoms with E-state index >= 15 is 0 Å². The molecule has 0 unspecified atom stereocenters. The van der Waals surface area contributed by atoms with Crippen LogP contribution in [-0.4, -0.2) is 50.6 Å². The highest BCUT2D eigenvalue weighted by atomic mass is 32.2. The summed E-state index contributed by atoms with van der Waals surface area (Å²) in [5, 5.41) is 4.35. The molecule has 3 aromatic rings. The van der Waals surface area contributed by atoms with Crippen LogP contribution in [0.15, 0.2) is 59.6 Å². The molecule has 1 aliphatic rings. The first kappa shape index (κ1) is 18.8. The SMILES string of the molecule is COc1ccc2ccn(S(=O)(=O)c3cccc(NC4CCN(C)CC4)c3)c2c1. The molecule has 0 spiro atoms. The van der Waals surface area contributed by atoms with Gasteiger partial charge in [0.25, 0.3) is 10.0 Å². The Bertz CT molecular complexity index is 1080. The van der Waals surface area contributed by atoms with E-state index in [1.54, 1.807) is 43.6 Å². The molecule has 1 aromatic heterocycles. The standard InChI is InChI=1S/C21H25N3O3S/c1-23-11-9-17(10-12-23)22-18-4-3-5-20(14-18)28(25,26)24-13-8-16-6-7-19(27-2)15-21(16)24/h3-8,13-15,17,22H,9-12H2,1-2H3. The first-order valence-electron chi connectivity index (χ1n) is 9.43. The van der Waals surface area contributed by atoms with E-state index < -0.39 is 10.0 Å². The second-order valence-electron chi connectivity index (χ2n) is 7.29. The average molecular weight is 400 g/mol. The van der Waals surface area contributed by atoms with Gasteiger partial charge in [-0.05, 0) is 69.4 Å². The third kappa shape index (κ3) is 3.59. The van der Waals surface area contributed by atoms with E-state index in [0.717, 1.165) is 37.0 Å². The molecule has 0 bridgehead atoms. The molecule has 0 saturated carbocycles. The molecule has 1 aliphatic heterocycles. The maximum Gasteiger partial charge on any atom is 0.268 e. The molecule has 2 heterocycles. The minimum atomic E-state index is -3.71. The number of nitrogens with zero attached hydrogens (tertiary/aromatic N) is 2. The quantitative estimate of drug-likeness (QED) is 0.713. The van der Waals surface area contributed by atoms with E-state index in [4.69, 9.17) is 4.74 Å². The van der Waals surface area contributed by atoms with Crippen LogP contribution in [0.1, 0.15) is 12.8 Å². The summed E-state index contributed by atoms with van der Waals surface area (Å²) < 4.78 is 33.1. The summed E-state index contributed by atoms with van der Waals surface area (Å²) in [6.07, 6.45) is 3.70. The Labute approximate surface area is 165 Å². The number of benzene rings is 2. The number of piperidine rings is 1. The minimum absolute atomic E-state index is 0.269. The highest BCUT2D eigenvalue weighted by Crippen LogP contribution is 2.27. The number of methoxy groups -OCH3 is 1. The van der Waals surface area contributed by atoms with E-state index in [-0.39, 0.29) is 4.90 Å². The molecule has 1 N–H and O–H groups in total. The van der Waals surface area contributed by atoms with Crippen LogP contribution in [0.5, 0.6) is 5.75 Å². The first-order chi connectivity index (χ1) is 13.5. The molecule has 6 nitrogen and oxygen atoms in total. The van der Waals surface area contributed by atoms with Gasteiger partial charge < -0.3 is 15.0 Å². The van der Waals surface area contributed by atoms with Crippen molar-refractivity contribution in [1.82, 2.24) is 8.87 Å². The van der Waals surface area contributed by atoms with Crippen LogP contribution in [0, 0.1) is 0 Å². The van der Waals surface area contributed by atoms with Gasteiger partial charge in [-0.15, -0.1) is 0 Å². The molecule has 1 saturated heterocycles. The van der Waals surface area contributed by atoms with Crippen LogP contribution in [0.2, 0.25) is 0 Å². The Balaban J connectivity index is 1.65. The minimum Gasteiger partial charge on any atom is -0.497 e. The number of likely N-dealkylation sites (tertiary alicyclic amines) is 1. The third-order valence-electron chi connectivity index (χ3n) is 5.34. The van der Waals surface area contributed by atoms with Crippen LogP contribution in [0.25, 0.3) is 10.9 Å². The topological polar surface area (TPSA) is 63.6 Å². The van der Waals surface area contributed by atoms with Gasteiger partial charge in [0.15, 0.2) is 0 Å². The molecule has 0 radical (unpaired) electrons. The van der Waals surface area contributed by atoms with Crippen LogP contribution >= 0.6 is 0 Å². The third-order valence-corrected chi connectivity index (χ3v) is 7.03. The molecular formula is C21H25N3O3S. The lowest BCUT2D eigenvalue weighted by atomic mass is 10.1. The molecule has 0 amide bonds. The Morgan fingerprint density at radius 1 is 1.07 bits per heavy atom. The van der Waals surface area contributed by atoms with E-state index in [9.17, 15) is 8.42 Å². The molecular weight excluding hydrogens is 374 g/mol. The van der Waals surface area contributed by atoms with Crippen molar-refractivity contribution >= 4 is 26.6 Å². The number of ether oxygens (including phenoxy) is 1. The van der Waals surface area contributed by atoms with Gasteiger partial charge in [0.2, 0.25) is 0 Å². The molecule has 7 heteroatoms. The van der Waals surface area contributed by atoms with Crippen molar-refractivity contribution < 1.29 is 13.2 Å². The predicted octanol–water partition coefficient (Wildman–Crippen LogP) is 3.39. The zero-order valence-corrected chi connectivity index (χ0v) is 16.9. The summed E-state index contributed by atoms with van der Waals surface area (Å²) in [7, 11) is -0.0111. The Morgan fingerprint density at radius 2 is 1.86 bits per heavy atom. The van der Waals surface area contributed by atoms with Crippen LogP contribution in [-0.2, 0) is 10.0 Å². The van der Waals surface area contributed by atoms with Crippen molar-refractivity contribution in [2.75, 3.05) is 32.6 Å². The number of fused-ring (bicyclic) bond motifs is 1. The second kappa shape index (κ2) is 7.48. The lowest BCUT2D eigenvalue weighted by Gasteiger charge is -2.30. The molecule has 2 aromatic carbocycles. The van der Waals surface area contributed by atoms with Gasteiger partial charge in [-0.3, -0.25) is 0 Å². The Kier molecular flexibility index (Phi) is 5.03. The molecule has 148 valence electrons. The maximum atomic E-state index is 13.3. The highest BCUT2D eigenvalue weighted by molar-refractivity contribution is 7.90. The summed E-state index contributed by atoms with van der Waals surface area (Å²) in [5.74, 6) is 0.625. The number of anilines is 1. The van der Waals surface area contributed by atoms with E-state index in [2.05, 4.69) is 17.3 Å². The summed E-state index contributed by atoms with van der Waals surface area (Å²) in [6.45, 7) is 2.10. The van der Waals surface area contributed by atoms with E-state index in [1.807, 2.05) is 18.2 Å². The number of hydrogen-bond donors (Lipinski definition) is 1. The fraction of sp³-hybridized carbons (Fsp3) is 0.333. The number of nitrogens with one attached hydrogen (secondary N) is 1. The van der Waals surface area contributed by atoms with E-state index in [1.165, 1.54) is 3.97 Å². The summed E-state index contributed by atoms with van der Waals surface area (Å²) in [5.41, 5.74) is 1.44. The Hall–Kier alpha value is -2.51. The number of rotatable bonds is 5. The monoisotopic (exact) mass is 399 g/mol. The van der Waals surface area contributed by atoms with Crippen LogP contribution < -0.4 is 10.1 Å². The van der Waals surface area contributed by atoms with Crippen molar-refractivity contribution in [3.8, 4) is 5.75 Å². The average Bonchev–Trinajstić information content (AvgIpc) is 3.14. The Morgan fingerprint density at radius 3 is 2.61 bits per heavy atom. The van der Waals surface area contributed by atoms with Gasteiger partial charge in [0, 0.05) is 29.4 Å². The van der Waals surface area contributed by atoms with Crippen molar-refractivity contribution in [3.63, 3.8) is 0 Å². The van der Waals surface area contributed by atoms with Gasteiger partial charge >= 0.3 is 0 Å². The molecule has 1 fully saturated rings. The lowest BCUT2D eigenvalue weighted by Crippen LogP contribution is -2.36. The fourth-order valence-corrected chi connectivity index (χ4v) is 5.06. The molecule has 0 atom stereocenters. The van der Waals surface area contributed by atoms with Crippen molar-refractivity contribution in [3.05, 3.63) is 54.7 Å². The summed E-state index contributed by atoms with van der Waals surface area (Å²) >= 11 is 0. The van der Waals surface area contributed by atoms with Gasteiger partial charge in [0.1, 0.15) is 5.75 Å². The lowest BCUT2D eigenvalue weighted by molar-refractivity contribution is 0.264. The van der Waals surface area contributed by atoms with Gasteiger partial charge in [-0.1, -0.05) is 6.07 Å². The maximum absolute atomic E-state index is 13.3. The molecule has 28 heavy (non-hydrogen) atoms. The fourth-order valence-electron chi connectivity index (χ4n) is 3.67. The van der Waals surface area contributed by atoms with Crippen molar-refractivity contribution in [2.24, 2.45) is 0 Å². The summed E-state index contributed by atoms with van der Waals surface area (Å²) in [4.78, 5) is 2.58. The normalized spacial score (nSPS) is 16.4. The highest BCUT2D eigenvalue weighted by Gasteiger charge is 2.21. The van der Waals surface area contributed by atoms with Crippen LogP contribution in [0.3, 0.4) is 0 Å². The van der Waals surface area contributed by atoms with Crippen molar-refractivity contribution in [1.29, 1.82) is 0 Å². The smallest absolute Gasteiger partial charge is 0.268 e. The summed E-state index contributed by atoms with van der Waals surface area (Å²) in [6, 6.07) is 14.7. The largest absolute Gasteiger partial charge is 0.497 e. The number of aromatic nitrogens is 1. The van der Waals surface area contributed by atoms with Gasteiger partial charge in [-0.2, -0.15) is 0 Å². The van der Waals surface area contributed by atoms with Crippen LogP contribution in [0.4, 0.5) is 5.69 Å². The zero-order chi connectivity index (χ0) is 19.7. The second-order valence-corrected chi connectivity index (χ2v) is 9.11. The van der Waals surface area contributed by atoms with Crippen molar-refractivity contribution in [2.45, 2.75) is 23.8 Å². The van der Waals surface area contributed by atoms with Gasteiger partial charge in [-0.25, -0.2) is 12.4 Å². The molecule has 4 rings (SSSR count). The van der Waals surface area contributed by atoms with Gasteiger partial charge in [0.05, 0.1) is 17.5 Å². The first-order valence-corrected chi connectivity index (χ1v) is 10.9. The predicted molar refractivity (Wildman–Crippen MR) is 112 cm³/mol.